The molecule has 0 aliphatic rings. The molecule has 0 aromatic carbocycles. The molecular formula is C2H7O2P. The van der Waals surface area contributed by atoms with Gasteiger partial charge in [-0.25, -0.2) is 0 Å². The Kier molecular flexibility index (Phi) is 7.23. The van der Waals surface area contributed by atoms with Crippen molar-refractivity contribution >= 4 is 8.03 Å². The van der Waals surface area contributed by atoms with E-state index in [-0.39, 0.29) is 7.43 Å². The summed E-state index contributed by atoms with van der Waals surface area (Å²) in [5.41, 5.74) is 0. The van der Waals surface area contributed by atoms with E-state index in [0.29, 0.717) is 0 Å². The summed E-state index contributed by atoms with van der Waals surface area (Å²) in [5.74, 6) is 0. The van der Waals surface area contributed by atoms with Crippen molar-refractivity contribution in [3.63, 3.8) is 0 Å². The minimum absolute atomic E-state index is 0. The first-order chi connectivity index (χ1) is 1.73. The van der Waals surface area contributed by atoms with Gasteiger partial charge in [0.2, 0.25) is 0 Å². The van der Waals surface area contributed by atoms with Crippen LogP contribution >= 0.6 is 8.03 Å². The summed E-state index contributed by atoms with van der Waals surface area (Å²) < 4.78 is 9.04. The van der Waals surface area contributed by atoms with E-state index in [1.807, 2.05) is 0 Å². The molecule has 1 unspecified atom stereocenters. The van der Waals surface area contributed by atoms with E-state index in [1.54, 1.807) is 0 Å². The van der Waals surface area contributed by atoms with Crippen LogP contribution in [-0.2, 0) is 4.57 Å². The third-order valence-electron chi connectivity index (χ3n) is 0. The van der Waals surface area contributed by atoms with Crippen LogP contribution in [0.1, 0.15) is 7.43 Å². The van der Waals surface area contributed by atoms with E-state index >= 15 is 0 Å². The normalized spacial score (nSPS) is 8.80. The highest BCUT2D eigenvalue weighted by molar-refractivity contribution is 7.35. The molecule has 0 amide bonds. The lowest BCUT2D eigenvalue weighted by Crippen LogP contribution is -1.78. The molecule has 0 aliphatic heterocycles. The molecule has 32 valence electrons. The van der Waals surface area contributed by atoms with Crippen molar-refractivity contribution in [2.45, 2.75) is 7.43 Å². The summed E-state index contributed by atoms with van der Waals surface area (Å²) in [6.45, 7) is 1.12. The van der Waals surface area contributed by atoms with E-state index in [0.717, 1.165) is 6.66 Å². The molecule has 0 saturated heterocycles. The van der Waals surface area contributed by atoms with Crippen molar-refractivity contribution in [1.82, 2.24) is 0 Å². The molecule has 0 spiro atoms. The van der Waals surface area contributed by atoms with Crippen molar-refractivity contribution < 1.29 is 9.46 Å². The maximum atomic E-state index is 9.04. The summed E-state index contributed by atoms with van der Waals surface area (Å²) >= 11 is 0. The van der Waals surface area contributed by atoms with Gasteiger partial charge in [-0.1, -0.05) is 12.0 Å². The SMILES string of the molecule is C.C[P+](=O)[O-]. The van der Waals surface area contributed by atoms with E-state index in [2.05, 4.69) is 0 Å². The van der Waals surface area contributed by atoms with Gasteiger partial charge in [0.1, 0.15) is 6.66 Å². The molecule has 0 fully saturated rings. The van der Waals surface area contributed by atoms with Crippen LogP contribution in [0.2, 0.25) is 0 Å². The molecule has 0 saturated carbocycles. The lowest BCUT2D eigenvalue weighted by atomic mass is 12.0. The molecule has 0 N–H and O–H groups in total. The summed E-state index contributed by atoms with van der Waals surface area (Å²) in [6, 6.07) is 0. The summed E-state index contributed by atoms with van der Waals surface area (Å²) in [6.07, 6.45) is 0. The molecule has 3 heteroatoms. The van der Waals surface area contributed by atoms with E-state index < -0.39 is 8.03 Å². The Morgan fingerprint density at radius 2 is 1.80 bits per heavy atom. The first-order valence-corrected chi connectivity index (χ1v) is 2.44. The van der Waals surface area contributed by atoms with Crippen LogP contribution < -0.4 is 4.89 Å². The summed E-state index contributed by atoms with van der Waals surface area (Å²) in [7, 11) is -2.12. The average Bonchev–Trinajstić information content (AvgIpc) is 0.811. The van der Waals surface area contributed by atoms with Gasteiger partial charge in [-0.3, -0.25) is 0 Å². The lowest BCUT2D eigenvalue weighted by Gasteiger charge is -1.60. The third kappa shape index (κ3) is 4790. The zero-order chi connectivity index (χ0) is 3.58. The number of rotatable bonds is 0. The molecule has 2 nitrogen and oxygen atoms in total. The van der Waals surface area contributed by atoms with Crippen molar-refractivity contribution in [2.75, 3.05) is 6.66 Å². The standard InChI is InChI=1S/CH3O2P.CH4/c1-4(2)3;/h1H3;1H4. The van der Waals surface area contributed by atoms with Gasteiger partial charge in [0, 0.05) is 0 Å². The molecular weight excluding hydrogens is 87.0 g/mol. The van der Waals surface area contributed by atoms with Crippen LogP contribution in [0, 0.1) is 0 Å². The Hall–Kier alpha value is 0.0600. The first-order valence-electron chi connectivity index (χ1n) is 0.812. The second-order valence-corrected chi connectivity index (χ2v) is 1.32. The van der Waals surface area contributed by atoms with Crippen LogP contribution in [0.3, 0.4) is 0 Å². The van der Waals surface area contributed by atoms with Gasteiger partial charge in [-0.15, -0.1) is 0 Å². The quantitative estimate of drug-likeness (QED) is 0.406. The van der Waals surface area contributed by atoms with Gasteiger partial charge in [-0.2, -0.15) is 0 Å². The number of hydrogen-bond acceptors (Lipinski definition) is 2. The molecule has 1 atom stereocenters. The Labute approximate surface area is 32.7 Å². The minimum Gasteiger partial charge on any atom is -0.596 e. The molecule has 0 bridgehead atoms. The first kappa shape index (κ1) is 8.91. The van der Waals surface area contributed by atoms with Gasteiger partial charge >= 0.3 is 8.03 Å². The molecule has 0 heterocycles. The molecule has 0 aromatic rings. The largest absolute Gasteiger partial charge is 0.596 e. The van der Waals surface area contributed by atoms with Crippen molar-refractivity contribution in [3.8, 4) is 0 Å². The highest BCUT2D eigenvalue weighted by atomic mass is 31.1. The molecule has 5 heavy (non-hydrogen) atoms. The van der Waals surface area contributed by atoms with Crippen LogP contribution in [0.15, 0.2) is 0 Å². The van der Waals surface area contributed by atoms with Crippen molar-refractivity contribution in [1.29, 1.82) is 0 Å². The van der Waals surface area contributed by atoms with Gasteiger partial charge < -0.3 is 4.89 Å². The Morgan fingerprint density at radius 1 is 1.80 bits per heavy atom. The van der Waals surface area contributed by atoms with E-state index in [4.69, 9.17) is 9.46 Å². The highest BCUT2D eigenvalue weighted by Crippen LogP contribution is 1.91. The maximum absolute atomic E-state index is 9.04. The second kappa shape index (κ2) is 4.06. The summed E-state index contributed by atoms with van der Waals surface area (Å²) in [4.78, 5) is 9.04. The van der Waals surface area contributed by atoms with Crippen molar-refractivity contribution in [3.05, 3.63) is 0 Å². The topological polar surface area (TPSA) is 40.1 Å². The van der Waals surface area contributed by atoms with Gasteiger partial charge in [0.05, 0.1) is 0 Å². The van der Waals surface area contributed by atoms with Crippen LogP contribution in [0.4, 0.5) is 0 Å². The van der Waals surface area contributed by atoms with Crippen molar-refractivity contribution in [2.24, 2.45) is 0 Å². The predicted octanol–water partition coefficient (Wildman–Crippen LogP) is 0.355. The maximum Gasteiger partial charge on any atom is 0.305 e. The third-order valence-corrected chi connectivity index (χ3v) is 0. The zero-order valence-electron chi connectivity index (χ0n) is 2.26. The second-order valence-electron chi connectivity index (χ2n) is 0.440. The zero-order valence-corrected chi connectivity index (χ0v) is 3.16. The minimum atomic E-state index is -2.12. The van der Waals surface area contributed by atoms with Crippen LogP contribution in [-0.4, -0.2) is 6.66 Å². The fourth-order valence-electron chi connectivity index (χ4n) is 0. The predicted molar refractivity (Wildman–Crippen MR) is 20.3 cm³/mol. The Morgan fingerprint density at radius 3 is 1.80 bits per heavy atom. The summed E-state index contributed by atoms with van der Waals surface area (Å²) in [5, 5.41) is 0. The molecule has 0 radical (unpaired) electrons. The van der Waals surface area contributed by atoms with E-state index in [1.165, 1.54) is 0 Å². The smallest absolute Gasteiger partial charge is 0.305 e. The fraction of sp³-hybridized carbons (Fsp3) is 1.00. The average molecular weight is 94.0 g/mol. The Bertz CT molecular complexity index is 30.6. The molecule has 0 aliphatic carbocycles. The van der Waals surface area contributed by atoms with Crippen LogP contribution in [0.5, 0.6) is 0 Å². The van der Waals surface area contributed by atoms with Crippen LogP contribution in [0.25, 0.3) is 0 Å². The van der Waals surface area contributed by atoms with E-state index in [9.17, 15) is 0 Å². The van der Waals surface area contributed by atoms with Gasteiger partial charge in [0.15, 0.2) is 0 Å². The Balaban J connectivity index is 0. The molecule has 0 aromatic heterocycles. The molecule has 0 rings (SSSR count). The highest BCUT2D eigenvalue weighted by Gasteiger charge is 1.68. The lowest BCUT2D eigenvalue weighted by molar-refractivity contribution is -0.162. The fourth-order valence-corrected chi connectivity index (χ4v) is 0. The van der Waals surface area contributed by atoms with Gasteiger partial charge in [-0.05, 0) is 0 Å². The number of hydrogen-bond donors (Lipinski definition) is 0. The monoisotopic (exact) mass is 94.0 g/mol. The van der Waals surface area contributed by atoms with Gasteiger partial charge in [0.25, 0.3) is 0 Å².